The summed E-state index contributed by atoms with van der Waals surface area (Å²) in [6.45, 7) is 2.06. The van der Waals surface area contributed by atoms with Crippen molar-refractivity contribution in [3.63, 3.8) is 0 Å². The van der Waals surface area contributed by atoms with E-state index in [4.69, 9.17) is 16.3 Å². The van der Waals surface area contributed by atoms with E-state index < -0.39 is 0 Å². The molecule has 0 atom stereocenters. The lowest BCUT2D eigenvalue weighted by Crippen LogP contribution is -2.24. The number of rotatable bonds is 3. The van der Waals surface area contributed by atoms with Crippen molar-refractivity contribution in [2.45, 2.75) is 32.6 Å². The van der Waals surface area contributed by atoms with Crippen LogP contribution in [0.15, 0.2) is 18.2 Å². The highest BCUT2D eigenvalue weighted by atomic mass is 35.5. The van der Waals surface area contributed by atoms with Gasteiger partial charge in [-0.3, -0.25) is 4.79 Å². The summed E-state index contributed by atoms with van der Waals surface area (Å²) in [5.41, 5.74) is 0.509. The fourth-order valence-electron chi connectivity index (χ4n) is 2.53. The molecule has 0 unspecified atom stereocenters. The summed E-state index contributed by atoms with van der Waals surface area (Å²) >= 11 is 5.96. The van der Waals surface area contributed by atoms with E-state index in [9.17, 15) is 4.79 Å². The Balaban J connectivity index is 2.31. The zero-order valence-electron chi connectivity index (χ0n) is 10.3. The number of carbonyl (C=O) groups excluding carboxylic acids is 1. The van der Waals surface area contributed by atoms with Crippen molar-refractivity contribution >= 4 is 17.4 Å². The SMILES string of the molecule is COc1cc(C(=O)C2(C)CCCC2)ccc1Cl. The largest absolute Gasteiger partial charge is 0.495 e. The highest BCUT2D eigenvalue weighted by Crippen LogP contribution is 2.41. The Kier molecular flexibility index (Phi) is 3.43. The van der Waals surface area contributed by atoms with Crippen LogP contribution < -0.4 is 4.74 Å². The molecule has 0 saturated heterocycles. The second-order valence-corrected chi connectivity index (χ2v) is 5.35. The summed E-state index contributed by atoms with van der Waals surface area (Å²) in [6, 6.07) is 5.26. The van der Waals surface area contributed by atoms with Crippen molar-refractivity contribution in [1.29, 1.82) is 0 Å². The minimum absolute atomic E-state index is 0.196. The molecule has 3 heteroatoms. The highest BCUT2D eigenvalue weighted by molar-refractivity contribution is 6.32. The summed E-state index contributed by atoms with van der Waals surface area (Å²) in [7, 11) is 1.56. The molecule has 1 aromatic carbocycles. The van der Waals surface area contributed by atoms with E-state index in [2.05, 4.69) is 6.92 Å². The Morgan fingerprint density at radius 3 is 2.59 bits per heavy atom. The highest BCUT2D eigenvalue weighted by Gasteiger charge is 2.36. The molecule has 1 fully saturated rings. The molecule has 0 amide bonds. The van der Waals surface area contributed by atoms with Crippen LogP contribution in [0.2, 0.25) is 5.02 Å². The molecule has 0 heterocycles. The molecular formula is C14H17ClO2. The van der Waals surface area contributed by atoms with E-state index in [1.807, 2.05) is 0 Å². The van der Waals surface area contributed by atoms with E-state index >= 15 is 0 Å². The Bertz CT molecular complexity index is 434. The zero-order valence-corrected chi connectivity index (χ0v) is 11.0. The van der Waals surface area contributed by atoms with Crippen LogP contribution in [0, 0.1) is 5.41 Å². The maximum absolute atomic E-state index is 12.4. The number of ketones is 1. The number of benzene rings is 1. The van der Waals surface area contributed by atoms with Gasteiger partial charge in [0.15, 0.2) is 5.78 Å². The van der Waals surface area contributed by atoms with Crippen LogP contribution in [-0.2, 0) is 0 Å². The van der Waals surface area contributed by atoms with Gasteiger partial charge in [0.25, 0.3) is 0 Å². The smallest absolute Gasteiger partial charge is 0.168 e. The van der Waals surface area contributed by atoms with Crippen LogP contribution in [0.4, 0.5) is 0 Å². The minimum atomic E-state index is -0.196. The molecule has 1 aliphatic rings. The standard InChI is InChI=1S/C14H17ClO2/c1-14(7-3-4-8-14)13(16)10-5-6-11(15)12(9-10)17-2/h5-6,9H,3-4,7-8H2,1-2H3. The number of Topliss-reactive ketones (excluding diaryl/α,β-unsaturated/α-hetero) is 1. The average molecular weight is 253 g/mol. The lowest BCUT2D eigenvalue weighted by Gasteiger charge is -2.22. The Morgan fingerprint density at radius 2 is 2.00 bits per heavy atom. The lowest BCUT2D eigenvalue weighted by molar-refractivity contribution is 0.0823. The van der Waals surface area contributed by atoms with Gasteiger partial charge >= 0.3 is 0 Å². The fraction of sp³-hybridized carbons (Fsp3) is 0.500. The number of hydrogen-bond acceptors (Lipinski definition) is 2. The van der Waals surface area contributed by atoms with E-state index in [0.29, 0.717) is 16.3 Å². The minimum Gasteiger partial charge on any atom is -0.495 e. The van der Waals surface area contributed by atoms with Gasteiger partial charge < -0.3 is 4.74 Å². The predicted octanol–water partition coefficient (Wildman–Crippen LogP) is 4.11. The van der Waals surface area contributed by atoms with Crippen LogP contribution in [0.1, 0.15) is 43.0 Å². The van der Waals surface area contributed by atoms with E-state index in [0.717, 1.165) is 25.7 Å². The van der Waals surface area contributed by atoms with Crippen LogP contribution in [0.5, 0.6) is 5.75 Å². The summed E-state index contributed by atoms with van der Waals surface area (Å²) in [4.78, 5) is 12.4. The number of ether oxygens (including phenoxy) is 1. The molecule has 0 bridgehead atoms. The molecular weight excluding hydrogens is 236 g/mol. The monoisotopic (exact) mass is 252 g/mol. The van der Waals surface area contributed by atoms with Gasteiger partial charge in [0.05, 0.1) is 12.1 Å². The van der Waals surface area contributed by atoms with Crippen LogP contribution in [-0.4, -0.2) is 12.9 Å². The molecule has 0 N–H and O–H groups in total. The average Bonchev–Trinajstić information content (AvgIpc) is 2.77. The van der Waals surface area contributed by atoms with Crippen molar-refractivity contribution in [2.24, 2.45) is 5.41 Å². The lowest BCUT2D eigenvalue weighted by atomic mass is 9.81. The Labute approximate surface area is 107 Å². The normalized spacial score (nSPS) is 18.1. The molecule has 1 aromatic rings. The van der Waals surface area contributed by atoms with E-state index in [1.165, 1.54) is 0 Å². The number of halogens is 1. The first-order valence-electron chi connectivity index (χ1n) is 5.95. The van der Waals surface area contributed by atoms with Gasteiger partial charge in [-0.15, -0.1) is 0 Å². The quantitative estimate of drug-likeness (QED) is 0.757. The number of carbonyl (C=O) groups is 1. The van der Waals surface area contributed by atoms with Crippen molar-refractivity contribution in [3.05, 3.63) is 28.8 Å². The molecule has 0 aromatic heterocycles. The van der Waals surface area contributed by atoms with Gasteiger partial charge in [0.1, 0.15) is 5.75 Å². The molecule has 0 spiro atoms. The predicted molar refractivity (Wildman–Crippen MR) is 68.9 cm³/mol. The second-order valence-electron chi connectivity index (χ2n) is 4.95. The first kappa shape index (κ1) is 12.4. The van der Waals surface area contributed by atoms with Gasteiger partial charge in [-0.1, -0.05) is 31.4 Å². The third-order valence-electron chi connectivity index (χ3n) is 3.67. The first-order valence-corrected chi connectivity index (χ1v) is 6.33. The maximum atomic E-state index is 12.4. The Morgan fingerprint density at radius 1 is 1.35 bits per heavy atom. The number of hydrogen-bond donors (Lipinski definition) is 0. The fourth-order valence-corrected chi connectivity index (χ4v) is 2.73. The molecule has 0 aliphatic heterocycles. The topological polar surface area (TPSA) is 26.3 Å². The van der Waals surface area contributed by atoms with Crippen LogP contribution >= 0.6 is 11.6 Å². The van der Waals surface area contributed by atoms with Crippen LogP contribution in [0.25, 0.3) is 0 Å². The van der Waals surface area contributed by atoms with Crippen molar-refractivity contribution in [1.82, 2.24) is 0 Å². The zero-order chi connectivity index (χ0) is 12.5. The molecule has 1 saturated carbocycles. The second kappa shape index (κ2) is 4.69. The van der Waals surface area contributed by atoms with E-state index in [-0.39, 0.29) is 11.2 Å². The maximum Gasteiger partial charge on any atom is 0.168 e. The van der Waals surface area contributed by atoms with Gasteiger partial charge in [0.2, 0.25) is 0 Å². The summed E-state index contributed by atoms with van der Waals surface area (Å²) in [5.74, 6) is 0.782. The van der Waals surface area contributed by atoms with Gasteiger partial charge in [-0.05, 0) is 31.0 Å². The summed E-state index contributed by atoms with van der Waals surface area (Å²) < 4.78 is 5.15. The molecule has 17 heavy (non-hydrogen) atoms. The van der Waals surface area contributed by atoms with Gasteiger partial charge in [-0.2, -0.15) is 0 Å². The third-order valence-corrected chi connectivity index (χ3v) is 3.98. The molecule has 2 rings (SSSR count). The third kappa shape index (κ3) is 2.32. The number of methoxy groups -OCH3 is 1. The summed E-state index contributed by atoms with van der Waals surface area (Å²) in [6.07, 6.45) is 4.26. The van der Waals surface area contributed by atoms with Gasteiger partial charge in [0, 0.05) is 11.0 Å². The van der Waals surface area contributed by atoms with Crippen molar-refractivity contribution in [3.8, 4) is 5.75 Å². The molecule has 0 radical (unpaired) electrons. The van der Waals surface area contributed by atoms with Crippen molar-refractivity contribution in [2.75, 3.05) is 7.11 Å². The van der Waals surface area contributed by atoms with Gasteiger partial charge in [-0.25, -0.2) is 0 Å². The summed E-state index contributed by atoms with van der Waals surface area (Å²) in [5, 5.41) is 0.542. The molecule has 92 valence electrons. The first-order chi connectivity index (χ1) is 8.07. The van der Waals surface area contributed by atoms with E-state index in [1.54, 1.807) is 25.3 Å². The Hall–Kier alpha value is -1.02. The molecule has 1 aliphatic carbocycles. The molecule has 2 nitrogen and oxygen atoms in total. The van der Waals surface area contributed by atoms with Crippen molar-refractivity contribution < 1.29 is 9.53 Å². The van der Waals surface area contributed by atoms with Crippen LogP contribution in [0.3, 0.4) is 0 Å².